The number of nitrogens with one attached hydrogen (secondary N) is 1. The van der Waals surface area contributed by atoms with Crippen molar-refractivity contribution < 1.29 is 13.5 Å². The minimum Gasteiger partial charge on any atom is -0.384 e. The largest absolute Gasteiger partial charge is 0.384 e. The van der Waals surface area contributed by atoms with Crippen molar-refractivity contribution in [1.29, 1.82) is 0 Å². The van der Waals surface area contributed by atoms with Gasteiger partial charge < -0.3 is 5.11 Å². The van der Waals surface area contributed by atoms with Gasteiger partial charge in [0.15, 0.2) is 0 Å². The van der Waals surface area contributed by atoms with Crippen molar-refractivity contribution in [3.63, 3.8) is 0 Å². The second kappa shape index (κ2) is 7.08. The molecule has 0 radical (unpaired) electrons. The van der Waals surface area contributed by atoms with Gasteiger partial charge in [0.05, 0.1) is 4.90 Å². The molecule has 0 unspecified atom stereocenters. The van der Waals surface area contributed by atoms with Gasteiger partial charge in [0.1, 0.15) is 6.61 Å². The van der Waals surface area contributed by atoms with Crippen LogP contribution in [-0.4, -0.2) is 25.7 Å². The van der Waals surface area contributed by atoms with E-state index in [2.05, 4.69) is 16.6 Å². The van der Waals surface area contributed by atoms with Crippen LogP contribution >= 0.6 is 0 Å². The van der Waals surface area contributed by atoms with Crippen LogP contribution in [0.15, 0.2) is 23.1 Å². The van der Waals surface area contributed by atoms with Crippen LogP contribution < -0.4 is 4.72 Å². The maximum absolute atomic E-state index is 12.4. The summed E-state index contributed by atoms with van der Waals surface area (Å²) >= 11 is 0. The Bertz CT molecular complexity index is 652. The van der Waals surface area contributed by atoms with Crippen molar-refractivity contribution in [3.05, 3.63) is 29.3 Å². The van der Waals surface area contributed by atoms with Crippen LogP contribution in [0.4, 0.5) is 0 Å². The second-order valence-corrected chi connectivity index (χ2v) is 7.36. The predicted molar refractivity (Wildman–Crippen MR) is 84.5 cm³/mol. The Morgan fingerprint density at radius 1 is 1.33 bits per heavy atom. The molecular weight excluding hydrogens is 286 g/mol. The Labute approximate surface area is 127 Å². The molecule has 0 bridgehead atoms. The number of aryl methyl sites for hydroxylation is 1. The van der Waals surface area contributed by atoms with E-state index in [1.54, 1.807) is 25.1 Å². The molecule has 4 nitrogen and oxygen atoms in total. The zero-order chi connectivity index (χ0) is 16.1. The van der Waals surface area contributed by atoms with E-state index in [9.17, 15) is 8.42 Å². The lowest BCUT2D eigenvalue weighted by Gasteiger charge is -2.25. The number of rotatable bonds is 5. The van der Waals surface area contributed by atoms with Crippen molar-refractivity contribution >= 4 is 10.0 Å². The Kier molecular flexibility index (Phi) is 5.97. The lowest BCUT2D eigenvalue weighted by molar-refractivity contribution is 0.350. The van der Waals surface area contributed by atoms with Gasteiger partial charge in [0.25, 0.3) is 0 Å². The number of aliphatic hydroxyl groups is 1. The van der Waals surface area contributed by atoms with Crippen LogP contribution in [0.2, 0.25) is 0 Å². The SMILES string of the molecule is CCCC(C)(C)NS(=O)(=O)c1ccc(C#CCO)c(C)c1. The molecule has 0 heterocycles. The van der Waals surface area contributed by atoms with E-state index in [4.69, 9.17) is 5.11 Å². The van der Waals surface area contributed by atoms with Gasteiger partial charge in [0, 0.05) is 11.1 Å². The van der Waals surface area contributed by atoms with Gasteiger partial charge in [-0.2, -0.15) is 0 Å². The van der Waals surface area contributed by atoms with E-state index in [0.717, 1.165) is 24.0 Å². The zero-order valence-corrected chi connectivity index (χ0v) is 13.8. The van der Waals surface area contributed by atoms with Gasteiger partial charge in [-0.3, -0.25) is 0 Å². The number of benzene rings is 1. The molecule has 0 aliphatic heterocycles. The van der Waals surface area contributed by atoms with E-state index in [-0.39, 0.29) is 11.5 Å². The van der Waals surface area contributed by atoms with Crippen molar-refractivity contribution in [3.8, 4) is 11.8 Å². The van der Waals surface area contributed by atoms with Gasteiger partial charge in [-0.05, 0) is 51.0 Å². The summed E-state index contributed by atoms with van der Waals surface area (Å²) < 4.78 is 27.6. The molecule has 21 heavy (non-hydrogen) atoms. The summed E-state index contributed by atoms with van der Waals surface area (Å²) in [5, 5.41) is 8.70. The molecule has 5 heteroatoms. The van der Waals surface area contributed by atoms with Gasteiger partial charge >= 0.3 is 0 Å². The lowest BCUT2D eigenvalue weighted by Crippen LogP contribution is -2.43. The van der Waals surface area contributed by atoms with Gasteiger partial charge in [-0.1, -0.05) is 25.2 Å². The summed E-state index contributed by atoms with van der Waals surface area (Å²) in [6.45, 7) is 7.36. The quantitative estimate of drug-likeness (QED) is 0.819. The average Bonchev–Trinajstić information content (AvgIpc) is 2.35. The summed E-state index contributed by atoms with van der Waals surface area (Å²) in [6.07, 6.45) is 1.68. The minimum atomic E-state index is -3.55. The van der Waals surface area contributed by atoms with Gasteiger partial charge in [-0.25, -0.2) is 13.1 Å². The molecule has 0 aliphatic rings. The normalized spacial score (nSPS) is 11.9. The van der Waals surface area contributed by atoms with Crippen LogP contribution in [0.5, 0.6) is 0 Å². The predicted octanol–water partition coefficient (Wildman–Crippen LogP) is 2.20. The summed E-state index contributed by atoms with van der Waals surface area (Å²) in [7, 11) is -3.55. The third-order valence-electron chi connectivity index (χ3n) is 3.10. The molecule has 0 fully saturated rings. The standard InChI is InChI=1S/C16H23NO3S/c1-5-10-16(3,4)17-21(19,20)15-9-8-14(7-6-11-18)13(2)12-15/h8-9,12,17-18H,5,10-11H2,1-4H3. The summed E-state index contributed by atoms with van der Waals surface area (Å²) in [4.78, 5) is 0.235. The van der Waals surface area contributed by atoms with E-state index in [1.807, 2.05) is 20.8 Å². The van der Waals surface area contributed by atoms with Crippen molar-refractivity contribution in [2.24, 2.45) is 0 Å². The number of hydrogen-bond donors (Lipinski definition) is 2. The smallest absolute Gasteiger partial charge is 0.241 e. The van der Waals surface area contributed by atoms with Crippen molar-refractivity contribution in [2.45, 2.75) is 51.0 Å². The molecule has 0 amide bonds. The molecule has 0 atom stereocenters. The van der Waals surface area contributed by atoms with E-state index in [0.29, 0.717) is 0 Å². The van der Waals surface area contributed by atoms with Gasteiger partial charge in [-0.15, -0.1) is 0 Å². The maximum atomic E-state index is 12.4. The van der Waals surface area contributed by atoms with Crippen LogP contribution in [-0.2, 0) is 10.0 Å². The van der Waals surface area contributed by atoms with Gasteiger partial charge in [0.2, 0.25) is 10.0 Å². The van der Waals surface area contributed by atoms with Crippen LogP contribution in [0.25, 0.3) is 0 Å². The number of sulfonamides is 1. The molecule has 0 saturated heterocycles. The molecule has 0 saturated carbocycles. The second-order valence-electron chi connectivity index (χ2n) is 5.68. The number of hydrogen-bond acceptors (Lipinski definition) is 3. The fourth-order valence-corrected chi connectivity index (χ4v) is 3.70. The molecule has 1 aromatic carbocycles. The molecule has 0 aromatic heterocycles. The average molecular weight is 309 g/mol. The molecule has 0 spiro atoms. The first-order chi connectivity index (χ1) is 9.72. The third kappa shape index (κ3) is 5.16. The fourth-order valence-electron chi connectivity index (χ4n) is 2.18. The Balaban J connectivity index is 3.08. The fraction of sp³-hybridized carbons (Fsp3) is 0.500. The highest BCUT2D eigenvalue weighted by Crippen LogP contribution is 2.19. The highest BCUT2D eigenvalue weighted by atomic mass is 32.2. The summed E-state index contributed by atoms with van der Waals surface area (Å²) in [5.41, 5.74) is 1.01. The molecule has 2 N–H and O–H groups in total. The highest BCUT2D eigenvalue weighted by molar-refractivity contribution is 7.89. The van der Waals surface area contributed by atoms with Crippen LogP contribution in [0.1, 0.15) is 44.7 Å². The monoisotopic (exact) mass is 309 g/mol. The van der Waals surface area contributed by atoms with Crippen molar-refractivity contribution in [1.82, 2.24) is 4.72 Å². The number of aliphatic hydroxyl groups excluding tert-OH is 1. The first-order valence-corrected chi connectivity index (χ1v) is 8.44. The molecule has 1 rings (SSSR count). The lowest BCUT2D eigenvalue weighted by atomic mass is 10.0. The maximum Gasteiger partial charge on any atom is 0.241 e. The van der Waals surface area contributed by atoms with E-state index in [1.165, 1.54) is 0 Å². The highest BCUT2D eigenvalue weighted by Gasteiger charge is 2.25. The topological polar surface area (TPSA) is 66.4 Å². The first-order valence-electron chi connectivity index (χ1n) is 6.96. The Morgan fingerprint density at radius 2 is 2.00 bits per heavy atom. The Morgan fingerprint density at radius 3 is 2.52 bits per heavy atom. The first kappa shape index (κ1) is 17.7. The van der Waals surface area contributed by atoms with E-state index >= 15 is 0 Å². The molecular formula is C16H23NO3S. The molecule has 1 aromatic rings. The Hall–Kier alpha value is -1.35. The molecule has 0 aliphatic carbocycles. The van der Waals surface area contributed by atoms with Crippen LogP contribution in [0, 0.1) is 18.8 Å². The van der Waals surface area contributed by atoms with Crippen molar-refractivity contribution in [2.75, 3.05) is 6.61 Å². The summed E-state index contributed by atoms with van der Waals surface area (Å²) in [6, 6.07) is 4.81. The molecule has 116 valence electrons. The minimum absolute atomic E-state index is 0.216. The third-order valence-corrected chi connectivity index (χ3v) is 4.79. The zero-order valence-electron chi connectivity index (χ0n) is 13.0. The van der Waals surface area contributed by atoms with E-state index < -0.39 is 15.6 Å². The summed E-state index contributed by atoms with van der Waals surface area (Å²) in [5.74, 6) is 5.35. The van der Waals surface area contributed by atoms with Crippen LogP contribution in [0.3, 0.4) is 0 Å².